The fourth-order valence-electron chi connectivity index (χ4n) is 2.00. The number of hydrogen-bond donors (Lipinski definition) is 1. The minimum atomic E-state index is 0.941. The average Bonchev–Trinajstić information content (AvgIpc) is 2.96. The van der Waals surface area contributed by atoms with Gasteiger partial charge in [-0.25, -0.2) is 0 Å². The van der Waals surface area contributed by atoms with E-state index < -0.39 is 0 Å². The number of nitrogens with one attached hydrogen (secondary N) is 1. The molecule has 0 atom stereocenters. The molecular formula is C14H13NS2. The molecule has 0 fully saturated rings. The summed E-state index contributed by atoms with van der Waals surface area (Å²) in [4.78, 5) is 1.36. The number of thiophene rings is 2. The summed E-state index contributed by atoms with van der Waals surface area (Å²) in [5, 5.41) is 8.93. The van der Waals surface area contributed by atoms with Gasteiger partial charge in [-0.05, 0) is 40.9 Å². The molecule has 0 saturated heterocycles. The van der Waals surface area contributed by atoms with E-state index in [0.717, 1.165) is 6.54 Å². The van der Waals surface area contributed by atoms with Crippen molar-refractivity contribution >= 4 is 32.8 Å². The Morgan fingerprint density at radius 1 is 1.18 bits per heavy atom. The molecule has 0 radical (unpaired) electrons. The topological polar surface area (TPSA) is 12.0 Å². The zero-order valence-corrected chi connectivity index (χ0v) is 11.2. The Bertz CT molecular complexity index is 636. The van der Waals surface area contributed by atoms with Gasteiger partial charge >= 0.3 is 0 Å². The Morgan fingerprint density at radius 3 is 3.00 bits per heavy atom. The predicted octanol–water partition coefficient (Wildman–Crippen LogP) is 4.35. The first kappa shape index (κ1) is 11.0. The lowest BCUT2D eigenvalue weighted by atomic mass is 10.1. The molecule has 0 bridgehead atoms. The molecule has 0 amide bonds. The number of hydrogen-bond acceptors (Lipinski definition) is 3. The van der Waals surface area contributed by atoms with Gasteiger partial charge in [0.1, 0.15) is 0 Å². The molecule has 1 N–H and O–H groups in total. The second kappa shape index (κ2) is 4.61. The van der Waals surface area contributed by atoms with Gasteiger partial charge in [0.25, 0.3) is 0 Å². The van der Waals surface area contributed by atoms with Crippen molar-refractivity contribution < 1.29 is 0 Å². The van der Waals surface area contributed by atoms with E-state index in [1.807, 2.05) is 29.7 Å². The van der Waals surface area contributed by atoms with E-state index in [0.29, 0.717) is 0 Å². The molecule has 3 heteroatoms. The van der Waals surface area contributed by atoms with Crippen LogP contribution < -0.4 is 5.32 Å². The summed E-state index contributed by atoms with van der Waals surface area (Å²) in [6.45, 7) is 0.941. The average molecular weight is 259 g/mol. The summed E-state index contributed by atoms with van der Waals surface area (Å²) >= 11 is 3.65. The maximum absolute atomic E-state index is 3.19. The van der Waals surface area contributed by atoms with Crippen LogP contribution in [0.5, 0.6) is 0 Å². The van der Waals surface area contributed by atoms with Gasteiger partial charge in [-0.2, -0.15) is 0 Å². The standard InChI is InChI=1S/C14H13NS2/c1-15-8-10-7-13(17-9-10)12-4-2-3-11-5-6-16-14(11)12/h2-7,9,15H,8H2,1H3. The molecule has 0 unspecified atom stereocenters. The van der Waals surface area contributed by atoms with E-state index >= 15 is 0 Å². The summed E-state index contributed by atoms with van der Waals surface area (Å²) in [5.74, 6) is 0. The van der Waals surface area contributed by atoms with Gasteiger partial charge in [-0.15, -0.1) is 22.7 Å². The molecule has 0 spiro atoms. The Kier molecular flexibility index (Phi) is 2.97. The molecule has 0 aliphatic rings. The van der Waals surface area contributed by atoms with Crippen LogP contribution in [-0.2, 0) is 6.54 Å². The van der Waals surface area contributed by atoms with E-state index in [-0.39, 0.29) is 0 Å². The molecule has 0 aliphatic carbocycles. The molecule has 2 heterocycles. The third kappa shape index (κ3) is 2.02. The van der Waals surface area contributed by atoms with Crippen LogP contribution in [0.2, 0.25) is 0 Å². The molecule has 0 aliphatic heterocycles. The second-order valence-corrected chi connectivity index (χ2v) is 5.82. The first-order valence-corrected chi connectivity index (χ1v) is 7.33. The van der Waals surface area contributed by atoms with Gasteiger partial charge in [0.2, 0.25) is 0 Å². The van der Waals surface area contributed by atoms with Crippen molar-refractivity contribution in [3.05, 3.63) is 46.7 Å². The lowest BCUT2D eigenvalue weighted by molar-refractivity contribution is 0.821. The number of benzene rings is 1. The highest BCUT2D eigenvalue weighted by atomic mass is 32.1. The summed E-state index contributed by atoms with van der Waals surface area (Å²) in [5.41, 5.74) is 2.73. The van der Waals surface area contributed by atoms with Crippen LogP contribution >= 0.6 is 22.7 Å². The van der Waals surface area contributed by atoms with Crippen LogP contribution in [0.3, 0.4) is 0 Å². The normalized spacial score (nSPS) is 11.1. The van der Waals surface area contributed by atoms with Gasteiger partial charge in [0, 0.05) is 21.7 Å². The molecule has 1 aromatic carbocycles. The van der Waals surface area contributed by atoms with Crippen LogP contribution in [0.25, 0.3) is 20.5 Å². The van der Waals surface area contributed by atoms with Crippen molar-refractivity contribution in [3.8, 4) is 10.4 Å². The van der Waals surface area contributed by atoms with Gasteiger partial charge in [0.05, 0.1) is 0 Å². The van der Waals surface area contributed by atoms with E-state index in [4.69, 9.17) is 0 Å². The lowest BCUT2D eigenvalue weighted by Gasteiger charge is -1.99. The fourth-order valence-corrected chi connectivity index (χ4v) is 3.94. The van der Waals surface area contributed by atoms with E-state index in [2.05, 4.69) is 46.4 Å². The second-order valence-electron chi connectivity index (χ2n) is 3.99. The van der Waals surface area contributed by atoms with Crippen LogP contribution in [0.15, 0.2) is 41.1 Å². The van der Waals surface area contributed by atoms with Gasteiger partial charge in [-0.1, -0.05) is 18.2 Å². The monoisotopic (exact) mass is 259 g/mol. The largest absolute Gasteiger partial charge is 0.316 e. The van der Waals surface area contributed by atoms with Crippen molar-refractivity contribution in [2.45, 2.75) is 6.54 Å². The number of fused-ring (bicyclic) bond motifs is 1. The van der Waals surface area contributed by atoms with Crippen LogP contribution in [-0.4, -0.2) is 7.05 Å². The van der Waals surface area contributed by atoms with Crippen LogP contribution in [0.1, 0.15) is 5.56 Å². The maximum atomic E-state index is 3.19. The molecular weight excluding hydrogens is 246 g/mol. The lowest BCUT2D eigenvalue weighted by Crippen LogP contribution is -2.03. The minimum absolute atomic E-state index is 0.941. The van der Waals surface area contributed by atoms with Crippen molar-refractivity contribution in [3.63, 3.8) is 0 Å². The SMILES string of the molecule is CNCc1csc(-c2cccc3ccsc23)c1. The summed E-state index contributed by atoms with van der Waals surface area (Å²) in [6.07, 6.45) is 0. The first-order valence-electron chi connectivity index (χ1n) is 5.57. The minimum Gasteiger partial charge on any atom is -0.316 e. The Balaban J connectivity index is 2.10. The third-order valence-corrected chi connectivity index (χ3v) is 4.75. The van der Waals surface area contributed by atoms with Crippen LogP contribution in [0.4, 0.5) is 0 Å². The predicted molar refractivity (Wildman–Crippen MR) is 77.9 cm³/mol. The fraction of sp³-hybridized carbons (Fsp3) is 0.143. The molecule has 17 heavy (non-hydrogen) atoms. The van der Waals surface area contributed by atoms with Gasteiger partial charge in [-0.3, -0.25) is 0 Å². The smallest absolute Gasteiger partial charge is 0.0429 e. The van der Waals surface area contributed by atoms with Crippen LogP contribution in [0, 0.1) is 0 Å². The quantitative estimate of drug-likeness (QED) is 0.737. The highest BCUT2D eigenvalue weighted by Crippen LogP contribution is 2.35. The summed E-state index contributed by atoms with van der Waals surface area (Å²) in [7, 11) is 1.98. The Labute approximate surface area is 109 Å². The molecule has 3 aromatic rings. The summed E-state index contributed by atoms with van der Waals surface area (Å²) in [6, 6.07) is 11.0. The maximum Gasteiger partial charge on any atom is 0.0429 e. The molecule has 0 saturated carbocycles. The molecule has 2 aromatic heterocycles. The highest BCUT2D eigenvalue weighted by molar-refractivity contribution is 7.19. The number of rotatable bonds is 3. The summed E-state index contributed by atoms with van der Waals surface area (Å²) < 4.78 is 1.39. The third-order valence-electron chi connectivity index (χ3n) is 2.78. The molecule has 1 nitrogen and oxygen atoms in total. The highest BCUT2D eigenvalue weighted by Gasteiger charge is 2.07. The van der Waals surface area contributed by atoms with E-state index in [9.17, 15) is 0 Å². The van der Waals surface area contributed by atoms with Gasteiger partial charge in [0.15, 0.2) is 0 Å². The van der Waals surface area contributed by atoms with E-state index in [1.54, 1.807) is 0 Å². The molecule has 3 rings (SSSR count). The zero-order chi connectivity index (χ0) is 11.7. The van der Waals surface area contributed by atoms with Gasteiger partial charge < -0.3 is 5.32 Å². The first-order chi connectivity index (χ1) is 8.38. The Morgan fingerprint density at radius 2 is 2.12 bits per heavy atom. The zero-order valence-electron chi connectivity index (χ0n) is 9.57. The van der Waals surface area contributed by atoms with Crippen molar-refractivity contribution in [1.82, 2.24) is 5.32 Å². The van der Waals surface area contributed by atoms with Crippen molar-refractivity contribution in [2.24, 2.45) is 0 Å². The van der Waals surface area contributed by atoms with Crippen molar-refractivity contribution in [2.75, 3.05) is 7.05 Å². The van der Waals surface area contributed by atoms with Crippen molar-refractivity contribution in [1.29, 1.82) is 0 Å². The van der Waals surface area contributed by atoms with E-state index in [1.165, 1.54) is 26.1 Å². The Hall–Kier alpha value is -1.16. The molecule has 86 valence electrons.